The first-order valence-corrected chi connectivity index (χ1v) is 11.4. The van der Waals surface area contributed by atoms with Crippen molar-refractivity contribution < 1.29 is 14.3 Å². The third kappa shape index (κ3) is 7.84. The van der Waals surface area contributed by atoms with Gasteiger partial charge in [-0.05, 0) is 73.7 Å². The van der Waals surface area contributed by atoms with Gasteiger partial charge in [0.25, 0.3) is 0 Å². The van der Waals surface area contributed by atoms with Crippen molar-refractivity contribution in [2.45, 2.75) is 52.2 Å². The first kappa shape index (κ1) is 24.1. The lowest BCUT2D eigenvalue weighted by Gasteiger charge is -2.27. The van der Waals surface area contributed by atoms with E-state index in [0.717, 1.165) is 34.9 Å². The summed E-state index contributed by atoms with van der Waals surface area (Å²) in [4.78, 5) is 14.2. The Morgan fingerprint density at radius 3 is 2.42 bits per heavy atom. The minimum Gasteiger partial charge on any atom is -0.494 e. The lowest BCUT2D eigenvalue weighted by atomic mass is 10.1. The Morgan fingerprint density at radius 1 is 0.970 bits per heavy atom. The van der Waals surface area contributed by atoms with Crippen molar-refractivity contribution in [2.75, 3.05) is 13.2 Å². The minimum atomic E-state index is -0.580. The van der Waals surface area contributed by atoms with Gasteiger partial charge in [-0.25, -0.2) is 4.79 Å². The maximum atomic E-state index is 12.6. The second-order valence-electron chi connectivity index (χ2n) is 9.09. The summed E-state index contributed by atoms with van der Waals surface area (Å²) in [5, 5.41) is 11.1. The molecular weight excluding hydrogens is 412 g/mol. The normalized spacial score (nSPS) is 11.1. The van der Waals surface area contributed by atoms with Gasteiger partial charge in [0.05, 0.1) is 19.1 Å². The molecule has 0 fully saturated rings. The van der Waals surface area contributed by atoms with Gasteiger partial charge >= 0.3 is 6.09 Å². The Bertz CT molecular complexity index is 1100. The molecule has 3 aromatic rings. The molecule has 3 rings (SSSR count). The van der Waals surface area contributed by atoms with Crippen molar-refractivity contribution in [1.82, 2.24) is 4.90 Å². The minimum absolute atomic E-state index is 0.262. The molecule has 172 valence electrons. The number of hydrogen-bond donors (Lipinski definition) is 0. The third-order valence-electron chi connectivity index (χ3n) is 5.12. The number of rotatable bonds is 9. The Hall–Kier alpha value is -3.52. The highest BCUT2D eigenvalue weighted by Gasteiger charge is 2.22. The molecule has 0 aromatic heterocycles. The molecular formula is C28H32N2O3. The average molecular weight is 445 g/mol. The van der Waals surface area contributed by atoms with Gasteiger partial charge in [0.15, 0.2) is 0 Å². The van der Waals surface area contributed by atoms with E-state index in [1.807, 2.05) is 57.2 Å². The largest absolute Gasteiger partial charge is 0.494 e. The molecule has 5 heteroatoms. The molecule has 1 amide bonds. The first-order valence-electron chi connectivity index (χ1n) is 11.4. The number of ether oxygens (including phenoxy) is 2. The SMILES string of the molecule is CC(C)(C)OC(=O)N(CCC#N)Cc1ccc2cc(OCCCc3ccccc3)ccc2c1. The number of aryl methyl sites for hydroxylation is 1. The summed E-state index contributed by atoms with van der Waals surface area (Å²) in [5.74, 6) is 0.854. The van der Waals surface area contributed by atoms with Crippen molar-refractivity contribution in [3.8, 4) is 11.8 Å². The zero-order valence-electron chi connectivity index (χ0n) is 19.7. The van der Waals surface area contributed by atoms with Gasteiger partial charge in [-0.1, -0.05) is 48.5 Å². The van der Waals surface area contributed by atoms with Gasteiger partial charge in [-0.3, -0.25) is 0 Å². The highest BCUT2D eigenvalue weighted by atomic mass is 16.6. The van der Waals surface area contributed by atoms with E-state index in [1.165, 1.54) is 5.56 Å². The number of fused-ring (bicyclic) bond motifs is 1. The number of carbonyl (C=O) groups is 1. The van der Waals surface area contributed by atoms with Gasteiger partial charge in [-0.15, -0.1) is 0 Å². The topological polar surface area (TPSA) is 62.6 Å². The number of hydrogen-bond acceptors (Lipinski definition) is 4. The maximum absolute atomic E-state index is 12.6. The number of nitrogens with zero attached hydrogens (tertiary/aromatic N) is 2. The average Bonchev–Trinajstić information content (AvgIpc) is 2.79. The molecule has 3 aromatic carbocycles. The van der Waals surface area contributed by atoms with Gasteiger partial charge in [-0.2, -0.15) is 5.26 Å². The lowest BCUT2D eigenvalue weighted by Crippen LogP contribution is -2.37. The van der Waals surface area contributed by atoms with Crippen LogP contribution in [0.1, 0.15) is 44.7 Å². The molecule has 0 radical (unpaired) electrons. The predicted octanol–water partition coefficient (Wildman–Crippen LogP) is 6.50. The zero-order valence-corrected chi connectivity index (χ0v) is 19.7. The highest BCUT2D eigenvalue weighted by Crippen LogP contribution is 2.23. The molecule has 0 aliphatic carbocycles. The van der Waals surface area contributed by atoms with Crippen LogP contribution in [-0.4, -0.2) is 29.7 Å². The monoisotopic (exact) mass is 444 g/mol. The number of amides is 1. The van der Waals surface area contributed by atoms with Crippen LogP contribution in [-0.2, 0) is 17.7 Å². The molecule has 33 heavy (non-hydrogen) atoms. The Balaban J connectivity index is 1.61. The summed E-state index contributed by atoms with van der Waals surface area (Å²) in [6, 6.07) is 24.7. The summed E-state index contributed by atoms with van der Waals surface area (Å²) in [5.41, 5.74) is 1.73. The van der Waals surface area contributed by atoms with E-state index in [4.69, 9.17) is 14.7 Å². The Labute approximate surface area is 196 Å². The van der Waals surface area contributed by atoms with Crippen LogP contribution in [0.4, 0.5) is 4.79 Å². The molecule has 0 saturated heterocycles. The first-order chi connectivity index (χ1) is 15.8. The Morgan fingerprint density at radius 2 is 1.70 bits per heavy atom. The second-order valence-corrected chi connectivity index (χ2v) is 9.09. The highest BCUT2D eigenvalue weighted by molar-refractivity contribution is 5.84. The van der Waals surface area contributed by atoms with E-state index in [2.05, 4.69) is 36.4 Å². The van der Waals surface area contributed by atoms with Crippen molar-refractivity contribution in [2.24, 2.45) is 0 Å². The van der Waals surface area contributed by atoms with E-state index < -0.39 is 11.7 Å². The van der Waals surface area contributed by atoms with Crippen LogP contribution in [0.2, 0.25) is 0 Å². The summed E-state index contributed by atoms with van der Waals surface area (Å²) < 4.78 is 11.5. The maximum Gasteiger partial charge on any atom is 0.410 e. The molecule has 0 bridgehead atoms. The van der Waals surface area contributed by atoms with Crippen LogP contribution >= 0.6 is 0 Å². The fourth-order valence-electron chi connectivity index (χ4n) is 3.54. The van der Waals surface area contributed by atoms with Crippen LogP contribution in [0.25, 0.3) is 10.8 Å². The molecule has 0 saturated carbocycles. The van der Waals surface area contributed by atoms with Gasteiger partial charge in [0, 0.05) is 13.1 Å². The number of nitriles is 1. The summed E-state index contributed by atoms with van der Waals surface area (Å²) in [7, 11) is 0. The van der Waals surface area contributed by atoms with E-state index in [-0.39, 0.29) is 6.42 Å². The quantitative estimate of drug-likeness (QED) is 0.353. The molecule has 0 N–H and O–H groups in total. The second kappa shape index (κ2) is 11.4. The molecule has 0 heterocycles. The summed E-state index contributed by atoms with van der Waals surface area (Å²) in [6.45, 7) is 6.91. The number of benzene rings is 3. The summed E-state index contributed by atoms with van der Waals surface area (Å²) >= 11 is 0. The van der Waals surface area contributed by atoms with Crippen LogP contribution < -0.4 is 4.74 Å². The van der Waals surface area contributed by atoms with Crippen molar-refractivity contribution in [1.29, 1.82) is 5.26 Å². The molecule has 0 aliphatic heterocycles. The smallest absolute Gasteiger partial charge is 0.410 e. The van der Waals surface area contributed by atoms with Crippen LogP contribution in [0.15, 0.2) is 66.7 Å². The fraction of sp³-hybridized carbons (Fsp3) is 0.357. The molecule has 0 atom stereocenters. The predicted molar refractivity (Wildman–Crippen MR) is 131 cm³/mol. The molecule has 5 nitrogen and oxygen atoms in total. The lowest BCUT2D eigenvalue weighted by molar-refractivity contribution is 0.0238. The van der Waals surface area contributed by atoms with Crippen LogP contribution in [0.5, 0.6) is 5.75 Å². The fourth-order valence-corrected chi connectivity index (χ4v) is 3.54. The van der Waals surface area contributed by atoms with Crippen molar-refractivity contribution >= 4 is 16.9 Å². The van der Waals surface area contributed by atoms with Gasteiger partial charge < -0.3 is 14.4 Å². The van der Waals surface area contributed by atoms with Gasteiger partial charge in [0.2, 0.25) is 0 Å². The van der Waals surface area contributed by atoms with Crippen LogP contribution in [0.3, 0.4) is 0 Å². The van der Waals surface area contributed by atoms with Crippen molar-refractivity contribution in [3.63, 3.8) is 0 Å². The van der Waals surface area contributed by atoms with E-state index >= 15 is 0 Å². The Kier molecular flexibility index (Phi) is 8.32. The molecule has 0 aliphatic rings. The van der Waals surface area contributed by atoms with E-state index in [0.29, 0.717) is 19.7 Å². The van der Waals surface area contributed by atoms with Crippen LogP contribution in [0, 0.1) is 11.3 Å². The molecule has 0 unspecified atom stereocenters. The van der Waals surface area contributed by atoms with E-state index in [9.17, 15) is 4.79 Å². The molecule has 0 spiro atoms. The van der Waals surface area contributed by atoms with Gasteiger partial charge in [0.1, 0.15) is 11.4 Å². The van der Waals surface area contributed by atoms with E-state index in [1.54, 1.807) is 4.90 Å². The summed E-state index contributed by atoms with van der Waals surface area (Å²) in [6.07, 6.45) is 1.82. The number of carbonyl (C=O) groups excluding carboxylic acids is 1. The standard InChI is InChI=1S/C28H32N2O3/c1-28(2,3)33-27(31)30(17-8-16-29)21-23-12-13-25-20-26(15-14-24(25)19-23)32-18-7-11-22-9-5-4-6-10-22/h4-6,9-10,12-15,19-20H,7-8,11,17-18,21H2,1-3H3. The third-order valence-corrected chi connectivity index (χ3v) is 5.12. The van der Waals surface area contributed by atoms with Crippen molar-refractivity contribution in [3.05, 3.63) is 77.9 Å². The zero-order chi connectivity index (χ0) is 23.7.